The SMILES string of the molecule is Cn1ccc(CNC(=O)N[C@H](CCO)c2ccccc2)c1. The highest BCUT2D eigenvalue weighted by atomic mass is 16.3. The van der Waals surface area contributed by atoms with Crippen molar-refractivity contribution in [1.82, 2.24) is 15.2 Å². The Morgan fingerprint density at radius 3 is 2.67 bits per heavy atom. The van der Waals surface area contributed by atoms with Crippen molar-refractivity contribution in [2.24, 2.45) is 7.05 Å². The van der Waals surface area contributed by atoms with Crippen LogP contribution in [-0.4, -0.2) is 22.3 Å². The second-order valence-corrected chi connectivity index (χ2v) is 4.99. The predicted octanol–water partition coefficient (Wildman–Crippen LogP) is 1.95. The molecule has 1 atom stereocenters. The van der Waals surface area contributed by atoms with Crippen molar-refractivity contribution in [3.05, 3.63) is 59.9 Å². The van der Waals surface area contributed by atoms with Crippen LogP contribution in [0.3, 0.4) is 0 Å². The van der Waals surface area contributed by atoms with Gasteiger partial charge in [-0.05, 0) is 23.6 Å². The summed E-state index contributed by atoms with van der Waals surface area (Å²) >= 11 is 0. The lowest BCUT2D eigenvalue weighted by molar-refractivity contribution is 0.229. The normalized spacial score (nSPS) is 11.9. The summed E-state index contributed by atoms with van der Waals surface area (Å²) in [4.78, 5) is 12.0. The van der Waals surface area contributed by atoms with Gasteiger partial charge < -0.3 is 20.3 Å². The number of hydrogen-bond donors (Lipinski definition) is 3. The maximum atomic E-state index is 12.0. The number of urea groups is 1. The Kier molecular flexibility index (Phi) is 5.40. The lowest BCUT2D eigenvalue weighted by Gasteiger charge is -2.18. The fraction of sp³-hybridized carbons (Fsp3) is 0.312. The Balaban J connectivity index is 1.89. The quantitative estimate of drug-likeness (QED) is 0.760. The Morgan fingerprint density at radius 1 is 1.29 bits per heavy atom. The largest absolute Gasteiger partial charge is 0.396 e. The van der Waals surface area contributed by atoms with Crippen molar-refractivity contribution in [2.45, 2.75) is 19.0 Å². The van der Waals surface area contributed by atoms with E-state index in [2.05, 4.69) is 10.6 Å². The van der Waals surface area contributed by atoms with Gasteiger partial charge in [-0.25, -0.2) is 4.79 Å². The van der Waals surface area contributed by atoms with Gasteiger partial charge >= 0.3 is 6.03 Å². The average Bonchev–Trinajstić information content (AvgIpc) is 2.91. The summed E-state index contributed by atoms with van der Waals surface area (Å²) in [6, 6.07) is 11.2. The van der Waals surface area contributed by atoms with E-state index >= 15 is 0 Å². The van der Waals surface area contributed by atoms with Gasteiger partial charge in [0.25, 0.3) is 0 Å². The molecule has 2 aromatic rings. The molecular formula is C16H21N3O2. The maximum Gasteiger partial charge on any atom is 0.315 e. The zero-order chi connectivity index (χ0) is 15.1. The van der Waals surface area contributed by atoms with E-state index in [0.717, 1.165) is 11.1 Å². The van der Waals surface area contributed by atoms with Gasteiger partial charge in [0.2, 0.25) is 0 Å². The van der Waals surface area contributed by atoms with E-state index < -0.39 is 0 Å². The minimum Gasteiger partial charge on any atom is -0.396 e. The molecule has 0 radical (unpaired) electrons. The third kappa shape index (κ3) is 4.65. The van der Waals surface area contributed by atoms with E-state index in [9.17, 15) is 4.79 Å². The zero-order valence-electron chi connectivity index (χ0n) is 12.1. The molecule has 0 aliphatic heterocycles. The Hall–Kier alpha value is -2.27. The highest BCUT2D eigenvalue weighted by molar-refractivity contribution is 5.74. The molecular weight excluding hydrogens is 266 g/mol. The summed E-state index contributed by atoms with van der Waals surface area (Å²) < 4.78 is 1.94. The Bertz CT molecular complexity index is 566. The fourth-order valence-electron chi connectivity index (χ4n) is 2.19. The maximum absolute atomic E-state index is 12.0. The third-order valence-electron chi connectivity index (χ3n) is 3.27. The molecule has 112 valence electrons. The van der Waals surface area contributed by atoms with Crippen LogP contribution in [0.15, 0.2) is 48.8 Å². The van der Waals surface area contributed by atoms with Gasteiger partial charge in [-0.3, -0.25) is 0 Å². The molecule has 0 unspecified atom stereocenters. The number of aromatic nitrogens is 1. The number of rotatable bonds is 6. The Labute approximate surface area is 124 Å². The van der Waals surface area contributed by atoms with Crippen LogP contribution in [0.1, 0.15) is 23.6 Å². The van der Waals surface area contributed by atoms with Crippen molar-refractivity contribution in [3.63, 3.8) is 0 Å². The predicted molar refractivity (Wildman–Crippen MR) is 81.7 cm³/mol. The van der Waals surface area contributed by atoms with E-state index in [1.54, 1.807) is 0 Å². The van der Waals surface area contributed by atoms with Crippen LogP contribution in [0.25, 0.3) is 0 Å². The zero-order valence-corrected chi connectivity index (χ0v) is 12.1. The van der Waals surface area contributed by atoms with Crippen LogP contribution in [0, 0.1) is 0 Å². The first kappa shape index (κ1) is 15.1. The number of nitrogens with one attached hydrogen (secondary N) is 2. The van der Waals surface area contributed by atoms with Gasteiger partial charge in [0.05, 0.1) is 6.04 Å². The minimum absolute atomic E-state index is 0.0263. The number of amides is 2. The Morgan fingerprint density at radius 2 is 2.05 bits per heavy atom. The molecule has 2 amide bonds. The molecule has 1 heterocycles. The summed E-state index contributed by atoms with van der Waals surface area (Å²) in [5.41, 5.74) is 2.03. The first-order chi connectivity index (χ1) is 10.2. The van der Waals surface area contributed by atoms with Crippen molar-refractivity contribution in [2.75, 3.05) is 6.61 Å². The number of carbonyl (C=O) groups is 1. The lowest BCUT2D eigenvalue weighted by Crippen LogP contribution is -2.37. The number of nitrogens with zero attached hydrogens (tertiary/aromatic N) is 1. The fourth-order valence-corrected chi connectivity index (χ4v) is 2.19. The van der Waals surface area contributed by atoms with Gasteiger partial charge in [0.15, 0.2) is 0 Å². The van der Waals surface area contributed by atoms with Crippen LogP contribution in [-0.2, 0) is 13.6 Å². The molecule has 0 fully saturated rings. The molecule has 0 bridgehead atoms. The standard InChI is InChI=1S/C16H21N3O2/c1-19-9-7-13(12-19)11-17-16(21)18-15(8-10-20)14-5-3-2-4-6-14/h2-7,9,12,15,20H,8,10-11H2,1H3,(H2,17,18,21)/t15-/m1/s1. The summed E-state index contributed by atoms with van der Waals surface area (Å²) in [6.07, 6.45) is 4.39. The number of carbonyl (C=O) groups excluding carboxylic acids is 1. The first-order valence-electron chi connectivity index (χ1n) is 7.00. The van der Waals surface area contributed by atoms with Gasteiger partial charge in [0.1, 0.15) is 0 Å². The molecule has 5 nitrogen and oxygen atoms in total. The second-order valence-electron chi connectivity index (χ2n) is 4.99. The van der Waals surface area contributed by atoms with E-state index in [-0.39, 0.29) is 18.7 Å². The van der Waals surface area contributed by atoms with Crippen molar-refractivity contribution in [3.8, 4) is 0 Å². The van der Waals surface area contributed by atoms with E-state index in [0.29, 0.717) is 13.0 Å². The number of aliphatic hydroxyl groups is 1. The van der Waals surface area contributed by atoms with Crippen molar-refractivity contribution < 1.29 is 9.90 Å². The average molecular weight is 287 g/mol. The highest BCUT2D eigenvalue weighted by Gasteiger charge is 2.13. The van der Waals surface area contributed by atoms with Crippen LogP contribution in [0.5, 0.6) is 0 Å². The van der Waals surface area contributed by atoms with Crippen LogP contribution in [0.2, 0.25) is 0 Å². The third-order valence-corrected chi connectivity index (χ3v) is 3.27. The van der Waals surface area contributed by atoms with Gasteiger partial charge in [0, 0.05) is 32.6 Å². The van der Waals surface area contributed by atoms with E-state index in [4.69, 9.17) is 5.11 Å². The molecule has 0 spiro atoms. The lowest BCUT2D eigenvalue weighted by atomic mass is 10.0. The second kappa shape index (κ2) is 7.50. The van der Waals surface area contributed by atoms with E-state index in [1.807, 2.05) is 60.4 Å². The monoisotopic (exact) mass is 287 g/mol. The highest BCUT2D eigenvalue weighted by Crippen LogP contribution is 2.15. The minimum atomic E-state index is -0.235. The molecule has 5 heteroatoms. The van der Waals surface area contributed by atoms with Crippen LogP contribution < -0.4 is 10.6 Å². The van der Waals surface area contributed by atoms with Crippen LogP contribution >= 0.6 is 0 Å². The molecule has 1 aromatic carbocycles. The van der Waals surface area contributed by atoms with Gasteiger partial charge in [-0.1, -0.05) is 30.3 Å². The summed E-state index contributed by atoms with van der Waals surface area (Å²) in [7, 11) is 1.94. The van der Waals surface area contributed by atoms with Gasteiger partial charge in [-0.2, -0.15) is 0 Å². The molecule has 2 rings (SSSR count). The van der Waals surface area contributed by atoms with E-state index in [1.165, 1.54) is 0 Å². The molecule has 1 aromatic heterocycles. The number of benzene rings is 1. The number of hydrogen-bond acceptors (Lipinski definition) is 2. The topological polar surface area (TPSA) is 66.3 Å². The molecule has 21 heavy (non-hydrogen) atoms. The summed E-state index contributed by atoms with van der Waals surface area (Å²) in [5.74, 6) is 0. The van der Waals surface area contributed by atoms with Crippen LogP contribution in [0.4, 0.5) is 4.79 Å². The van der Waals surface area contributed by atoms with Crippen molar-refractivity contribution in [1.29, 1.82) is 0 Å². The summed E-state index contributed by atoms with van der Waals surface area (Å²) in [5, 5.41) is 14.9. The smallest absolute Gasteiger partial charge is 0.315 e. The molecule has 0 saturated heterocycles. The van der Waals surface area contributed by atoms with Gasteiger partial charge in [-0.15, -0.1) is 0 Å². The molecule has 0 aliphatic rings. The molecule has 0 aliphatic carbocycles. The molecule has 3 N–H and O–H groups in total. The van der Waals surface area contributed by atoms with Crippen molar-refractivity contribution >= 4 is 6.03 Å². The number of aliphatic hydroxyl groups excluding tert-OH is 1. The summed E-state index contributed by atoms with van der Waals surface area (Å²) in [6.45, 7) is 0.506. The molecule has 0 saturated carbocycles. The first-order valence-corrected chi connectivity index (χ1v) is 7.00. The number of aryl methyl sites for hydroxylation is 1.